The SMILES string of the molecule is CCN[C@H]1[C@@H]2CN(c3ccc(N4C[C@H](CNC(C)=O)OC4=O)cc3F)C[C@@H]21. The van der Waals surface area contributed by atoms with Crippen molar-refractivity contribution < 1.29 is 18.7 Å². The van der Waals surface area contributed by atoms with Gasteiger partial charge in [0.2, 0.25) is 5.91 Å². The second kappa shape index (κ2) is 6.99. The molecule has 1 saturated carbocycles. The molecule has 2 heterocycles. The summed E-state index contributed by atoms with van der Waals surface area (Å²) in [5.41, 5.74) is 1.06. The normalized spacial score (nSPS) is 28.9. The van der Waals surface area contributed by atoms with Gasteiger partial charge in [0, 0.05) is 26.1 Å². The van der Waals surface area contributed by atoms with Crippen LogP contribution in [-0.2, 0) is 9.53 Å². The molecule has 0 bridgehead atoms. The van der Waals surface area contributed by atoms with Gasteiger partial charge in [-0.1, -0.05) is 6.92 Å². The smallest absolute Gasteiger partial charge is 0.414 e. The fraction of sp³-hybridized carbons (Fsp3) is 0.579. The highest BCUT2D eigenvalue weighted by Gasteiger charge is 2.55. The van der Waals surface area contributed by atoms with Crippen molar-refractivity contribution in [2.45, 2.75) is 26.0 Å². The number of ether oxygens (including phenoxy) is 1. The number of cyclic esters (lactones) is 1. The first-order valence-corrected chi connectivity index (χ1v) is 9.48. The molecule has 1 aliphatic carbocycles. The second-order valence-corrected chi connectivity index (χ2v) is 7.51. The summed E-state index contributed by atoms with van der Waals surface area (Å²) in [5, 5.41) is 6.11. The first-order valence-electron chi connectivity index (χ1n) is 9.48. The summed E-state index contributed by atoms with van der Waals surface area (Å²) in [6.07, 6.45) is -0.953. The van der Waals surface area contributed by atoms with Crippen molar-refractivity contribution in [1.82, 2.24) is 10.6 Å². The fourth-order valence-corrected chi connectivity index (χ4v) is 4.28. The van der Waals surface area contributed by atoms with Gasteiger partial charge in [0.05, 0.1) is 24.5 Å². The molecule has 1 aromatic carbocycles. The van der Waals surface area contributed by atoms with E-state index in [9.17, 15) is 14.0 Å². The van der Waals surface area contributed by atoms with Gasteiger partial charge in [-0.2, -0.15) is 0 Å². The quantitative estimate of drug-likeness (QED) is 0.784. The third-order valence-corrected chi connectivity index (χ3v) is 5.67. The molecule has 2 saturated heterocycles. The van der Waals surface area contributed by atoms with Gasteiger partial charge >= 0.3 is 6.09 Å². The first kappa shape index (κ1) is 18.0. The molecule has 2 aliphatic heterocycles. The third kappa shape index (κ3) is 3.45. The number of hydrogen-bond acceptors (Lipinski definition) is 5. The van der Waals surface area contributed by atoms with E-state index in [0.29, 0.717) is 29.3 Å². The lowest BCUT2D eigenvalue weighted by molar-refractivity contribution is -0.119. The number of benzene rings is 1. The molecule has 8 heteroatoms. The summed E-state index contributed by atoms with van der Waals surface area (Å²) < 4.78 is 20.0. The molecule has 4 atom stereocenters. The molecule has 0 unspecified atom stereocenters. The zero-order valence-corrected chi connectivity index (χ0v) is 15.6. The monoisotopic (exact) mass is 376 g/mol. The number of carbonyl (C=O) groups is 2. The molecule has 0 radical (unpaired) electrons. The summed E-state index contributed by atoms with van der Waals surface area (Å²) >= 11 is 0. The van der Waals surface area contributed by atoms with Crippen LogP contribution in [0.25, 0.3) is 0 Å². The Hall–Kier alpha value is -2.35. The van der Waals surface area contributed by atoms with Crippen LogP contribution in [0.4, 0.5) is 20.6 Å². The van der Waals surface area contributed by atoms with Gasteiger partial charge in [-0.15, -0.1) is 0 Å². The zero-order valence-electron chi connectivity index (χ0n) is 15.6. The van der Waals surface area contributed by atoms with Crippen molar-refractivity contribution in [3.05, 3.63) is 24.0 Å². The van der Waals surface area contributed by atoms with E-state index in [-0.39, 0.29) is 24.8 Å². The van der Waals surface area contributed by atoms with Gasteiger partial charge < -0.3 is 20.3 Å². The average molecular weight is 376 g/mol. The number of rotatable bonds is 6. The largest absolute Gasteiger partial charge is 0.442 e. The van der Waals surface area contributed by atoms with E-state index < -0.39 is 12.2 Å². The van der Waals surface area contributed by atoms with Crippen LogP contribution in [0.1, 0.15) is 13.8 Å². The van der Waals surface area contributed by atoms with Crippen LogP contribution >= 0.6 is 0 Å². The lowest BCUT2D eigenvalue weighted by Crippen LogP contribution is -2.33. The number of carbonyl (C=O) groups excluding carboxylic acids is 2. The molecule has 1 aromatic rings. The Balaban J connectivity index is 1.39. The number of piperidine rings is 1. The van der Waals surface area contributed by atoms with Crippen molar-refractivity contribution in [3.8, 4) is 0 Å². The second-order valence-electron chi connectivity index (χ2n) is 7.51. The molecule has 2 amide bonds. The minimum absolute atomic E-state index is 0.181. The van der Waals surface area contributed by atoms with Crippen LogP contribution in [0, 0.1) is 17.7 Å². The lowest BCUT2D eigenvalue weighted by Gasteiger charge is -2.24. The van der Waals surface area contributed by atoms with Crippen molar-refractivity contribution in [2.24, 2.45) is 11.8 Å². The Morgan fingerprint density at radius 1 is 1.30 bits per heavy atom. The van der Waals surface area contributed by atoms with E-state index >= 15 is 0 Å². The summed E-state index contributed by atoms with van der Waals surface area (Å²) in [6.45, 7) is 6.75. The summed E-state index contributed by atoms with van der Waals surface area (Å²) in [5.74, 6) is 0.700. The fourth-order valence-electron chi connectivity index (χ4n) is 4.28. The van der Waals surface area contributed by atoms with Gasteiger partial charge in [0.25, 0.3) is 0 Å². The maximum absolute atomic E-state index is 14.7. The maximum atomic E-state index is 14.7. The van der Waals surface area contributed by atoms with Crippen molar-refractivity contribution in [2.75, 3.05) is 42.5 Å². The zero-order chi connectivity index (χ0) is 19.1. The Labute approximate surface area is 157 Å². The van der Waals surface area contributed by atoms with Crippen molar-refractivity contribution in [3.63, 3.8) is 0 Å². The van der Waals surface area contributed by atoms with Crippen LogP contribution in [0.3, 0.4) is 0 Å². The number of amides is 2. The average Bonchev–Trinajstić information content (AvgIpc) is 2.98. The number of halogens is 1. The predicted molar refractivity (Wildman–Crippen MR) is 99.4 cm³/mol. The number of anilines is 2. The Kier molecular flexibility index (Phi) is 4.67. The van der Waals surface area contributed by atoms with Crippen LogP contribution in [0.2, 0.25) is 0 Å². The minimum atomic E-state index is -0.520. The van der Waals surface area contributed by atoms with E-state index in [2.05, 4.69) is 22.5 Å². The highest BCUT2D eigenvalue weighted by molar-refractivity contribution is 5.90. The van der Waals surface area contributed by atoms with E-state index in [1.165, 1.54) is 17.9 Å². The van der Waals surface area contributed by atoms with E-state index in [1.54, 1.807) is 12.1 Å². The van der Waals surface area contributed by atoms with Crippen LogP contribution in [0.15, 0.2) is 18.2 Å². The number of nitrogens with zero attached hydrogens (tertiary/aromatic N) is 2. The number of hydrogen-bond donors (Lipinski definition) is 2. The van der Waals surface area contributed by atoms with E-state index in [0.717, 1.165) is 19.6 Å². The highest BCUT2D eigenvalue weighted by Crippen LogP contribution is 2.47. The number of fused-ring (bicyclic) bond motifs is 1. The van der Waals surface area contributed by atoms with Gasteiger partial charge in [0.15, 0.2) is 0 Å². The summed E-state index contributed by atoms with van der Waals surface area (Å²) in [7, 11) is 0. The van der Waals surface area contributed by atoms with Gasteiger partial charge in [-0.3, -0.25) is 9.69 Å². The van der Waals surface area contributed by atoms with Crippen LogP contribution < -0.4 is 20.4 Å². The minimum Gasteiger partial charge on any atom is -0.442 e. The molecule has 3 aliphatic rings. The molecule has 3 fully saturated rings. The summed E-state index contributed by atoms with van der Waals surface area (Å²) in [6, 6.07) is 5.47. The molecule has 4 rings (SSSR count). The maximum Gasteiger partial charge on any atom is 0.414 e. The predicted octanol–water partition coefficient (Wildman–Crippen LogP) is 1.33. The van der Waals surface area contributed by atoms with E-state index in [4.69, 9.17) is 4.74 Å². The lowest BCUT2D eigenvalue weighted by atomic mass is 10.2. The molecule has 7 nitrogen and oxygen atoms in total. The Morgan fingerprint density at radius 3 is 2.67 bits per heavy atom. The molecule has 2 N–H and O–H groups in total. The standard InChI is InChI=1S/C19H25FN4O3/c1-3-21-18-14-9-23(10-15(14)18)17-5-4-12(6-16(17)20)24-8-13(27-19(24)26)7-22-11(2)25/h4-6,13-15,18,21H,3,7-10H2,1-2H3,(H,22,25)/t13-,14-,15+,18+/m0/s1. The van der Waals surface area contributed by atoms with Crippen LogP contribution in [-0.4, -0.2) is 56.9 Å². The van der Waals surface area contributed by atoms with Gasteiger partial charge in [-0.25, -0.2) is 9.18 Å². The van der Waals surface area contributed by atoms with Gasteiger partial charge in [-0.05, 0) is 36.6 Å². The van der Waals surface area contributed by atoms with Crippen LogP contribution in [0.5, 0.6) is 0 Å². The topological polar surface area (TPSA) is 73.9 Å². The van der Waals surface area contributed by atoms with Crippen molar-refractivity contribution in [1.29, 1.82) is 0 Å². The molecule has 146 valence electrons. The highest BCUT2D eigenvalue weighted by atomic mass is 19.1. The molecular formula is C19H25FN4O3. The summed E-state index contributed by atoms with van der Waals surface area (Å²) in [4.78, 5) is 26.6. The molecule has 0 aromatic heterocycles. The number of nitrogens with one attached hydrogen (secondary N) is 2. The molecule has 27 heavy (non-hydrogen) atoms. The third-order valence-electron chi connectivity index (χ3n) is 5.67. The van der Waals surface area contributed by atoms with E-state index in [1.807, 2.05) is 0 Å². The first-order chi connectivity index (χ1) is 13.0. The molecule has 0 spiro atoms. The van der Waals surface area contributed by atoms with Crippen molar-refractivity contribution >= 4 is 23.4 Å². The Morgan fingerprint density at radius 2 is 2.04 bits per heavy atom. The molecular weight excluding hydrogens is 351 g/mol. The Bertz CT molecular complexity index is 746. The van der Waals surface area contributed by atoms with Gasteiger partial charge in [0.1, 0.15) is 11.9 Å².